The van der Waals surface area contributed by atoms with Crippen LogP contribution in [0, 0.1) is 5.82 Å². The lowest BCUT2D eigenvalue weighted by atomic mass is 10.0. The van der Waals surface area contributed by atoms with Gasteiger partial charge in [-0.3, -0.25) is 0 Å². The van der Waals surface area contributed by atoms with Crippen molar-refractivity contribution >= 4 is 10.2 Å². The molecule has 1 saturated heterocycles. The molecule has 0 saturated carbocycles. The number of hydrogen-bond donors (Lipinski definition) is 0. The standard InChI is InChI=1S/C14H21FN2O3S/c1-14(2)10-20-13(11-5-7-12(15)8-6-11)9-17(14)21(18,19)16(3)4/h5-8,13H,9-10H2,1-4H3. The van der Waals surface area contributed by atoms with Gasteiger partial charge in [0.1, 0.15) is 5.82 Å². The molecule has 2 rings (SSSR count). The second kappa shape index (κ2) is 5.64. The van der Waals surface area contributed by atoms with Crippen LogP contribution >= 0.6 is 0 Å². The maximum Gasteiger partial charge on any atom is 0.282 e. The van der Waals surface area contributed by atoms with Gasteiger partial charge in [0.05, 0.1) is 18.2 Å². The van der Waals surface area contributed by atoms with Crippen molar-refractivity contribution in [3.8, 4) is 0 Å². The van der Waals surface area contributed by atoms with E-state index in [1.807, 2.05) is 13.8 Å². The number of morpholine rings is 1. The summed E-state index contributed by atoms with van der Waals surface area (Å²) >= 11 is 0. The van der Waals surface area contributed by atoms with E-state index in [4.69, 9.17) is 4.74 Å². The fraction of sp³-hybridized carbons (Fsp3) is 0.571. The van der Waals surface area contributed by atoms with Gasteiger partial charge in [0, 0.05) is 20.6 Å². The van der Waals surface area contributed by atoms with Gasteiger partial charge in [-0.25, -0.2) is 4.39 Å². The number of halogens is 1. The van der Waals surface area contributed by atoms with E-state index in [9.17, 15) is 12.8 Å². The van der Waals surface area contributed by atoms with E-state index in [2.05, 4.69) is 0 Å². The van der Waals surface area contributed by atoms with Crippen LogP contribution in [0.2, 0.25) is 0 Å². The summed E-state index contributed by atoms with van der Waals surface area (Å²) in [6, 6.07) is 5.95. The molecule has 0 bridgehead atoms. The molecule has 0 radical (unpaired) electrons. The van der Waals surface area contributed by atoms with Crippen molar-refractivity contribution in [3.63, 3.8) is 0 Å². The Labute approximate surface area is 125 Å². The lowest BCUT2D eigenvalue weighted by Gasteiger charge is -2.45. The molecule has 7 heteroatoms. The van der Waals surface area contributed by atoms with Crippen LogP contribution in [0.4, 0.5) is 4.39 Å². The highest BCUT2D eigenvalue weighted by Gasteiger charge is 2.43. The summed E-state index contributed by atoms with van der Waals surface area (Å²) in [5.41, 5.74) is 0.144. The van der Waals surface area contributed by atoms with E-state index in [-0.39, 0.29) is 19.0 Å². The topological polar surface area (TPSA) is 49.9 Å². The zero-order valence-electron chi connectivity index (χ0n) is 12.7. The van der Waals surface area contributed by atoms with Crippen molar-refractivity contribution < 1.29 is 17.5 Å². The largest absolute Gasteiger partial charge is 0.370 e. The molecule has 118 valence electrons. The van der Waals surface area contributed by atoms with Gasteiger partial charge in [-0.2, -0.15) is 17.0 Å². The van der Waals surface area contributed by atoms with Crippen LogP contribution in [-0.4, -0.2) is 49.8 Å². The van der Waals surface area contributed by atoms with E-state index in [0.717, 1.165) is 5.56 Å². The third kappa shape index (κ3) is 3.26. The Morgan fingerprint density at radius 2 is 1.86 bits per heavy atom. The Balaban J connectivity index is 2.30. The first-order chi connectivity index (χ1) is 9.64. The number of hydrogen-bond acceptors (Lipinski definition) is 3. The average Bonchev–Trinajstić information content (AvgIpc) is 2.39. The zero-order chi connectivity index (χ0) is 15.8. The van der Waals surface area contributed by atoms with E-state index in [1.165, 1.54) is 34.8 Å². The predicted octanol–water partition coefficient (Wildman–Crippen LogP) is 1.78. The van der Waals surface area contributed by atoms with Gasteiger partial charge in [-0.05, 0) is 31.5 Å². The van der Waals surface area contributed by atoms with Crippen molar-refractivity contribution in [3.05, 3.63) is 35.6 Å². The second-order valence-corrected chi connectivity index (χ2v) is 8.05. The maximum absolute atomic E-state index is 13.0. The third-order valence-corrected chi connectivity index (χ3v) is 5.75. The fourth-order valence-electron chi connectivity index (χ4n) is 2.31. The smallest absolute Gasteiger partial charge is 0.282 e. The molecule has 1 aliphatic rings. The average molecular weight is 316 g/mol. The van der Waals surface area contributed by atoms with Crippen LogP contribution in [0.5, 0.6) is 0 Å². The van der Waals surface area contributed by atoms with Gasteiger partial charge >= 0.3 is 0 Å². The molecule has 21 heavy (non-hydrogen) atoms. The predicted molar refractivity (Wildman–Crippen MR) is 78.5 cm³/mol. The van der Waals surface area contributed by atoms with Crippen molar-refractivity contribution in [1.82, 2.24) is 8.61 Å². The van der Waals surface area contributed by atoms with Crippen molar-refractivity contribution in [1.29, 1.82) is 0 Å². The number of rotatable bonds is 3. The SMILES string of the molecule is CN(C)S(=O)(=O)N1CC(c2ccc(F)cc2)OCC1(C)C. The summed E-state index contributed by atoms with van der Waals surface area (Å²) in [7, 11) is -0.529. The molecule has 0 amide bonds. The Hall–Kier alpha value is -1.02. The molecule has 1 fully saturated rings. The molecule has 0 N–H and O–H groups in total. The maximum atomic E-state index is 13.0. The van der Waals surface area contributed by atoms with Crippen LogP contribution in [0.15, 0.2) is 24.3 Å². The van der Waals surface area contributed by atoms with E-state index in [1.54, 1.807) is 12.1 Å². The molecule has 1 unspecified atom stereocenters. The van der Waals surface area contributed by atoms with Crippen LogP contribution < -0.4 is 0 Å². The molecule has 1 heterocycles. The highest BCUT2D eigenvalue weighted by Crippen LogP contribution is 2.32. The molecule has 1 atom stereocenters. The monoisotopic (exact) mass is 316 g/mol. The quantitative estimate of drug-likeness (QED) is 0.854. The molecule has 5 nitrogen and oxygen atoms in total. The minimum Gasteiger partial charge on any atom is -0.370 e. The summed E-state index contributed by atoms with van der Waals surface area (Å²) in [4.78, 5) is 0. The first-order valence-corrected chi connectivity index (χ1v) is 8.11. The number of ether oxygens (including phenoxy) is 1. The van der Waals surface area contributed by atoms with Crippen LogP contribution in [0.3, 0.4) is 0 Å². The highest BCUT2D eigenvalue weighted by atomic mass is 32.2. The highest BCUT2D eigenvalue weighted by molar-refractivity contribution is 7.86. The van der Waals surface area contributed by atoms with Gasteiger partial charge < -0.3 is 4.74 Å². The normalized spacial score (nSPS) is 23.4. The minimum atomic E-state index is -3.54. The van der Waals surface area contributed by atoms with Gasteiger partial charge in [0.15, 0.2) is 0 Å². The fourth-order valence-corrected chi connectivity index (χ4v) is 3.70. The Morgan fingerprint density at radius 3 is 2.38 bits per heavy atom. The van der Waals surface area contributed by atoms with E-state index in [0.29, 0.717) is 0 Å². The number of benzene rings is 1. The Morgan fingerprint density at radius 1 is 1.29 bits per heavy atom. The summed E-state index contributed by atoms with van der Waals surface area (Å²) < 4.78 is 46.3. The van der Waals surface area contributed by atoms with Crippen molar-refractivity contribution in [2.24, 2.45) is 0 Å². The molecule has 1 aromatic rings. The Bertz CT molecular complexity index is 599. The molecule has 0 spiro atoms. The molecular formula is C14H21FN2O3S. The molecular weight excluding hydrogens is 295 g/mol. The van der Waals surface area contributed by atoms with Gasteiger partial charge in [0.25, 0.3) is 10.2 Å². The first-order valence-electron chi connectivity index (χ1n) is 6.72. The minimum absolute atomic E-state index is 0.207. The second-order valence-electron chi connectivity index (χ2n) is 5.98. The molecule has 0 aromatic heterocycles. The lowest BCUT2D eigenvalue weighted by molar-refractivity contribution is -0.0670. The van der Waals surface area contributed by atoms with Gasteiger partial charge in [-0.1, -0.05) is 12.1 Å². The van der Waals surface area contributed by atoms with E-state index >= 15 is 0 Å². The van der Waals surface area contributed by atoms with Crippen LogP contribution in [-0.2, 0) is 14.9 Å². The van der Waals surface area contributed by atoms with Crippen molar-refractivity contribution in [2.75, 3.05) is 27.2 Å². The van der Waals surface area contributed by atoms with Crippen molar-refractivity contribution in [2.45, 2.75) is 25.5 Å². The Kier molecular flexibility index (Phi) is 4.39. The van der Waals surface area contributed by atoms with Crippen LogP contribution in [0.25, 0.3) is 0 Å². The van der Waals surface area contributed by atoms with Gasteiger partial charge in [0.2, 0.25) is 0 Å². The first kappa shape index (κ1) is 16.4. The number of nitrogens with zero attached hydrogens (tertiary/aromatic N) is 2. The van der Waals surface area contributed by atoms with Gasteiger partial charge in [-0.15, -0.1) is 0 Å². The van der Waals surface area contributed by atoms with Crippen LogP contribution in [0.1, 0.15) is 25.5 Å². The molecule has 0 aliphatic carbocycles. The van der Waals surface area contributed by atoms with E-state index < -0.39 is 21.9 Å². The third-order valence-electron chi connectivity index (χ3n) is 3.63. The summed E-state index contributed by atoms with van der Waals surface area (Å²) in [5, 5.41) is 0. The summed E-state index contributed by atoms with van der Waals surface area (Å²) in [5.74, 6) is -0.326. The summed E-state index contributed by atoms with van der Waals surface area (Å²) in [6.07, 6.45) is -0.395. The molecule has 1 aliphatic heterocycles. The zero-order valence-corrected chi connectivity index (χ0v) is 13.5. The summed E-state index contributed by atoms with van der Waals surface area (Å²) in [6.45, 7) is 4.14. The lowest BCUT2D eigenvalue weighted by Crippen LogP contribution is -2.58. The molecule has 1 aromatic carbocycles.